The molecule has 1 saturated carbocycles. The molecule has 6 nitrogen and oxygen atoms in total. The minimum atomic E-state index is 0. The minimum Gasteiger partial charge on any atom is -0.514 e. The zero-order chi connectivity index (χ0) is 24.6. The number of hydrogen-bond acceptors (Lipinski definition) is 6. The van der Waals surface area contributed by atoms with Gasteiger partial charge in [0.1, 0.15) is 28.9 Å². The molecule has 0 amide bonds. The van der Waals surface area contributed by atoms with E-state index in [0.717, 1.165) is 45.7 Å². The van der Waals surface area contributed by atoms with Crippen molar-refractivity contribution in [3.05, 3.63) is 71.8 Å². The first-order chi connectivity index (χ1) is 17.4. The van der Waals surface area contributed by atoms with Gasteiger partial charge in [-0.15, -0.1) is 6.07 Å². The minimum absolute atomic E-state index is 0. The van der Waals surface area contributed by atoms with Gasteiger partial charge in [-0.25, -0.2) is 4.98 Å². The van der Waals surface area contributed by atoms with Crippen LogP contribution < -0.4 is 4.74 Å². The molecule has 37 heavy (non-hydrogen) atoms. The second-order valence-corrected chi connectivity index (χ2v) is 10.5. The first kappa shape index (κ1) is 24.0. The van der Waals surface area contributed by atoms with Crippen LogP contribution in [0.3, 0.4) is 0 Å². The number of aryl methyl sites for hydroxylation is 1. The topological polar surface area (TPSA) is 77.1 Å². The molecule has 5 aromatic rings. The second kappa shape index (κ2) is 8.59. The smallest absolute Gasteiger partial charge is 0.217 e. The molecule has 7 rings (SSSR count). The number of aromatic hydroxyl groups is 1. The van der Waals surface area contributed by atoms with Gasteiger partial charge < -0.3 is 19.0 Å². The summed E-state index contributed by atoms with van der Waals surface area (Å²) in [5, 5.41) is 13.2. The van der Waals surface area contributed by atoms with Gasteiger partial charge >= 0.3 is 0 Å². The maximum atomic E-state index is 10.4. The standard InChI is InChI=1S/C30H25N2O4.Pt/c1-16-12-17-8-9-25(32-26(17)22(33)13-16)34-24-15-18(29-31-21-10-11-30(2,3)28(21)36-29)14-20-19-6-4-5-7-23(19)35-27(20)24;/h4-9,12-14,21,28,33H,10-11H2,1-3H3;/q-1;/t21-,28+;/m0./s1. The fraction of sp³-hybridized carbons (Fsp3) is 0.267. The van der Waals surface area contributed by atoms with Crippen LogP contribution in [-0.4, -0.2) is 28.1 Å². The summed E-state index contributed by atoms with van der Waals surface area (Å²) < 4.78 is 18.9. The molecule has 0 spiro atoms. The SMILES string of the molecule is Cc1cc(O)c2nc(Oc3[c-]c(C4=N[C@H]5CCC(C)(C)[C@@H]5O4)cc4c3oc3ccccc34)ccc2c1.[Pt]. The van der Waals surface area contributed by atoms with E-state index < -0.39 is 0 Å². The first-order valence-electron chi connectivity index (χ1n) is 12.3. The van der Waals surface area contributed by atoms with E-state index in [1.165, 1.54) is 0 Å². The van der Waals surface area contributed by atoms with Gasteiger partial charge in [-0.3, -0.25) is 4.99 Å². The van der Waals surface area contributed by atoms with Crippen LogP contribution in [0.25, 0.3) is 32.8 Å². The molecular formula is C30H25N2O4Pt-. The van der Waals surface area contributed by atoms with Crippen LogP contribution in [0.1, 0.15) is 37.8 Å². The van der Waals surface area contributed by atoms with Crippen LogP contribution in [0.5, 0.6) is 17.4 Å². The summed E-state index contributed by atoms with van der Waals surface area (Å²) in [6, 6.07) is 20.8. The van der Waals surface area contributed by atoms with Gasteiger partial charge in [0.05, 0.1) is 17.4 Å². The molecule has 1 fully saturated rings. The van der Waals surface area contributed by atoms with Gasteiger partial charge in [-0.05, 0) is 49.6 Å². The van der Waals surface area contributed by atoms with Crippen molar-refractivity contribution in [1.29, 1.82) is 0 Å². The Labute approximate surface area is 228 Å². The van der Waals surface area contributed by atoms with Crippen molar-refractivity contribution >= 4 is 38.7 Å². The van der Waals surface area contributed by atoms with E-state index in [-0.39, 0.29) is 44.4 Å². The Balaban J connectivity index is 0.00000252. The van der Waals surface area contributed by atoms with Gasteiger partial charge in [0, 0.05) is 43.3 Å². The zero-order valence-corrected chi connectivity index (χ0v) is 22.9. The summed E-state index contributed by atoms with van der Waals surface area (Å²) in [5.41, 5.74) is 3.59. The molecule has 0 bridgehead atoms. The molecule has 1 N–H and O–H groups in total. The molecule has 2 aromatic heterocycles. The molecule has 3 aromatic carbocycles. The van der Waals surface area contributed by atoms with E-state index in [1.807, 2.05) is 49.4 Å². The van der Waals surface area contributed by atoms with Crippen LogP contribution in [0.4, 0.5) is 0 Å². The average Bonchev–Trinajstić information content (AvgIpc) is 3.53. The molecule has 190 valence electrons. The summed E-state index contributed by atoms with van der Waals surface area (Å²) in [5.74, 6) is 1.45. The van der Waals surface area contributed by atoms with Gasteiger partial charge in [0.2, 0.25) is 5.88 Å². The third-order valence-corrected chi connectivity index (χ3v) is 7.43. The number of phenols is 1. The Morgan fingerprint density at radius 3 is 2.76 bits per heavy atom. The van der Waals surface area contributed by atoms with E-state index in [0.29, 0.717) is 28.6 Å². The number of fused-ring (bicyclic) bond motifs is 5. The second-order valence-electron chi connectivity index (χ2n) is 10.5. The molecule has 3 heterocycles. The Hall–Kier alpha value is -3.37. The van der Waals surface area contributed by atoms with Crippen LogP contribution in [0, 0.1) is 18.4 Å². The number of benzene rings is 3. The number of hydrogen-bond donors (Lipinski definition) is 1. The number of aliphatic imine (C=N–C) groups is 1. The van der Waals surface area contributed by atoms with E-state index in [1.54, 1.807) is 12.1 Å². The fourth-order valence-electron chi connectivity index (χ4n) is 5.57. The molecule has 2 aliphatic rings. The molecule has 0 unspecified atom stereocenters. The summed E-state index contributed by atoms with van der Waals surface area (Å²) in [6.07, 6.45) is 2.18. The van der Waals surface area contributed by atoms with Gasteiger partial charge in [0.15, 0.2) is 0 Å². The number of para-hydroxylation sites is 1. The maximum absolute atomic E-state index is 10.4. The van der Waals surface area contributed by atoms with E-state index in [2.05, 4.69) is 24.9 Å². The van der Waals surface area contributed by atoms with Crippen molar-refractivity contribution in [2.45, 2.75) is 45.8 Å². The van der Waals surface area contributed by atoms with Crippen molar-refractivity contribution in [1.82, 2.24) is 4.98 Å². The largest absolute Gasteiger partial charge is 0.514 e. The Bertz CT molecular complexity index is 1720. The van der Waals surface area contributed by atoms with Gasteiger partial charge in [0.25, 0.3) is 0 Å². The van der Waals surface area contributed by atoms with Crippen molar-refractivity contribution in [3.8, 4) is 17.4 Å². The van der Waals surface area contributed by atoms with Gasteiger partial charge in [-0.2, -0.15) is 0 Å². The number of furan rings is 1. The summed E-state index contributed by atoms with van der Waals surface area (Å²) >= 11 is 0. The molecule has 7 heteroatoms. The van der Waals surface area contributed by atoms with Crippen molar-refractivity contribution in [2.75, 3.05) is 0 Å². The molecule has 0 saturated heterocycles. The van der Waals surface area contributed by atoms with Crippen molar-refractivity contribution in [3.63, 3.8) is 0 Å². The van der Waals surface area contributed by atoms with Crippen molar-refractivity contribution < 1.29 is 40.1 Å². The Morgan fingerprint density at radius 1 is 1.08 bits per heavy atom. The van der Waals surface area contributed by atoms with Crippen LogP contribution in [-0.2, 0) is 25.8 Å². The van der Waals surface area contributed by atoms with Crippen molar-refractivity contribution in [2.24, 2.45) is 10.4 Å². The number of rotatable bonds is 3. The fourth-order valence-corrected chi connectivity index (χ4v) is 5.57. The molecule has 0 radical (unpaired) electrons. The Morgan fingerprint density at radius 2 is 1.92 bits per heavy atom. The molecular weight excluding hydrogens is 647 g/mol. The zero-order valence-electron chi connectivity index (χ0n) is 20.6. The van der Waals surface area contributed by atoms with Gasteiger partial charge in [-0.1, -0.05) is 49.1 Å². The van der Waals surface area contributed by atoms with E-state index in [4.69, 9.17) is 18.9 Å². The molecule has 1 aliphatic carbocycles. The van der Waals surface area contributed by atoms with Crippen LogP contribution in [0.2, 0.25) is 0 Å². The third-order valence-electron chi connectivity index (χ3n) is 7.43. The monoisotopic (exact) mass is 672 g/mol. The summed E-state index contributed by atoms with van der Waals surface area (Å²) in [4.78, 5) is 9.49. The number of ether oxygens (including phenoxy) is 2. The predicted octanol–water partition coefficient (Wildman–Crippen LogP) is 7.07. The predicted molar refractivity (Wildman–Crippen MR) is 139 cm³/mol. The summed E-state index contributed by atoms with van der Waals surface area (Å²) in [7, 11) is 0. The third kappa shape index (κ3) is 3.90. The number of nitrogens with zero attached hydrogens (tertiary/aromatic N) is 2. The normalized spacial score (nSPS) is 20.0. The Kier molecular flexibility index (Phi) is 5.57. The van der Waals surface area contributed by atoms with Crippen LogP contribution >= 0.6 is 0 Å². The summed E-state index contributed by atoms with van der Waals surface area (Å²) in [6.45, 7) is 6.42. The molecule has 1 aliphatic heterocycles. The number of aromatic nitrogens is 1. The number of phenolic OH excluding ortho intramolecular Hbond substituents is 1. The van der Waals surface area contributed by atoms with Crippen LogP contribution in [0.15, 0.2) is 64.0 Å². The van der Waals surface area contributed by atoms with E-state index >= 15 is 0 Å². The molecule has 2 atom stereocenters. The van der Waals surface area contributed by atoms with E-state index in [9.17, 15) is 5.11 Å². The average molecular weight is 673 g/mol. The maximum Gasteiger partial charge on any atom is 0.217 e. The number of pyridine rings is 1. The first-order valence-corrected chi connectivity index (χ1v) is 12.3. The quantitative estimate of drug-likeness (QED) is 0.208.